The molecule has 1 aliphatic rings. The van der Waals surface area contributed by atoms with Crippen LogP contribution in [0.15, 0.2) is 41.7 Å². The molecule has 4 heteroatoms. The second-order valence-corrected chi connectivity index (χ2v) is 5.74. The summed E-state index contributed by atoms with van der Waals surface area (Å²) in [5, 5.41) is -0.767. The summed E-state index contributed by atoms with van der Waals surface area (Å²) in [6, 6.07) is 9.46. The second kappa shape index (κ2) is 5.33. The molecule has 1 aliphatic carbocycles. The van der Waals surface area contributed by atoms with E-state index in [1.165, 1.54) is 6.08 Å². The van der Waals surface area contributed by atoms with Crippen molar-refractivity contribution in [1.82, 2.24) is 0 Å². The van der Waals surface area contributed by atoms with Gasteiger partial charge in [-0.1, -0.05) is 55.8 Å². The Bertz CT molecular complexity index is 492. The Hall–Kier alpha value is -1.35. The molecule has 0 heterocycles. The summed E-state index contributed by atoms with van der Waals surface area (Å²) in [6.07, 6.45) is 1.29. The maximum absolute atomic E-state index is 12.7. The number of carbonyl (C=O) groups is 1. The molecule has 1 fully saturated rings. The first kappa shape index (κ1) is 14.1. The summed E-state index contributed by atoms with van der Waals surface area (Å²) < 4.78 is 18.0. The van der Waals surface area contributed by atoms with Gasteiger partial charge in [-0.2, -0.15) is 4.39 Å². The SMILES string of the molecule is CC1(C)C(C=C(F)Cl)C1C(=O)OCc1ccccc1. The smallest absolute Gasteiger partial charge is 0.310 e. The monoisotopic (exact) mass is 282 g/mol. The Balaban J connectivity index is 1.93. The van der Waals surface area contributed by atoms with Gasteiger partial charge in [-0.15, -0.1) is 0 Å². The molecule has 1 aromatic carbocycles. The highest BCUT2D eigenvalue weighted by atomic mass is 35.5. The maximum atomic E-state index is 12.7. The summed E-state index contributed by atoms with van der Waals surface area (Å²) in [5.41, 5.74) is 0.643. The van der Waals surface area contributed by atoms with E-state index in [9.17, 15) is 9.18 Å². The van der Waals surface area contributed by atoms with Gasteiger partial charge < -0.3 is 4.74 Å². The van der Waals surface area contributed by atoms with E-state index in [0.717, 1.165) is 5.56 Å². The Morgan fingerprint density at radius 1 is 1.42 bits per heavy atom. The molecule has 102 valence electrons. The van der Waals surface area contributed by atoms with E-state index in [2.05, 4.69) is 0 Å². The molecule has 2 unspecified atom stereocenters. The number of carbonyl (C=O) groups excluding carboxylic acids is 1. The molecule has 2 atom stereocenters. The predicted molar refractivity (Wildman–Crippen MR) is 72.0 cm³/mol. The topological polar surface area (TPSA) is 26.3 Å². The molecule has 0 saturated heterocycles. The molecule has 2 nitrogen and oxygen atoms in total. The first-order chi connectivity index (χ1) is 8.93. The van der Waals surface area contributed by atoms with Gasteiger partial charge in [-0.3, -0.25) is 4.79 Å². The molecule has 0 amide bonds. The Kier molecular flexibility index (Phi) is 3.95. The van der Waals surface area contributed by atoms with E-state index in [0.29, 0.717) is 0 Å². The highest BCUT2D eigenvalue weighted by Gasteiger charge is 2.61. The minimum absolute atomic E-state index is 0.187. The zero-order valence-corrected chi connectivity index (χ0v) is 11.7. The van der Waals surface area contributed by atoms with Crippen molar-refractivity contribution in [3.05, 3.63) is 47.3 Å². The lowest BCUT2D eigenvalue weighted by Gasteiger charge is -2.05. The van der Waals surface area contributed by atoms with Crippen molar-refractivity contribution in [1.29, 1.82) is 0 Å². The van der Waals surface area contributed by atoms with Gasteiger partial charge in [0, 0.05) is 5.92 Å². The molecule has 1 aromatic rings. The molecular formula is C15H16ClFO2. The van der Waals surface area contributed by atoms with E-state index >= 15 is 0 Å². The molecular weight excluding hydrogens is 267 g/mol. The van der Waals surface area contributed by atoms with Gasteiger partial charge in [-0.25, -0.2) is 0 Å². The van der Waals surface area contributed by atoms with Crippen molar-refractivity contribution >= 4 is 17.6 Å². The average Bonchev–Trinajstić information content (AvgIpc) is 2.88. The van der Waals surface area contributed by atoms with Crippen LogP contribution in [0.2, 0.25) is 0 Å². The van der Waals surface area contributed by atoms with Gasteiger partial charge in [0.25, 0.3) is 0 Å². The second-order valence-electron chi connectivity index (χ2n) is 5.37. The molecule has 2 rings (SSSR count). The maximum Gasteiger partial charge on any atom is 0.310 e. The number of hydrogen-bond acceptors (Lipinski definition) is 2. The highest BCUT2D eigenvalue weighted by molar-refractivity contribution is 6.28. The van der Waals surface area contributed by atoms with Gasteiger partial charge in [0.1, 0.15) is 6.61 Å². The molecule has 0 bridgehead atoms. The molecule has 0 aliphatic heterocycles. The van der Waals surface area contributed by atoms with Crippen molar-refractivity contribution < 1.29 is 13.9 Å². The molecule has 0 aromatic heterocycles. The zero-order chi connectivity index (χ0) is 14.0. The zero-order valence-electron chi connectivity index (χ0n) is 10.9. The lowest BCUT2D eigenvalue weighted by atomic mass is 10.1. The first-order valence-corrected chi connectivity index (χ1v) is 6.54. The lowest BCUT2D eigenvalue weighted by molar-refractivity contribution is -0.147. The molecule has 0 radical (unpaired) electrons. The molecule has 19 heavy (non-hydrogen) atoms. The highest BCUT2D eigenvalue weighted by Crippen LogP contribution is 2.60. The van der Waals surface area contributed by atoms with E-state index in [4.69, 9.17) is 16.3 Å². The number of ether oxygens (including phenoxy) is 1. The Labute approximate surface area is 117 Å². The lowest BCUT2D eigenvalue weighted by Crippen LogP contribution is -2.10. The van der Waals surface area contributed by atoms with Crippen molar-refractivity contribution in [2.75, 3.05) is 0 Å². The fraction of sp³-hybridized carbons (Fsp3) is 0.400. The summed E-state index contributed by atoms with van der Waals surface area (Å²) in [4.78, 5) is 12.0. The molecule has 0 spiro atoms. The summed E-state index contributed by atoms with van der Waals surface area (Å²) in [7, 11) is 0. The van der Waals surface area contributed by atoms with Gasteiger partial charge in [0.05, 0.1) is 5.92 Å². The van der Waals surface area contributed by atoms with Crippen LogP contribution < -0.4 is 0 Å². The number of allylic oxidation sites excluding steroid dienone is 1. The molecule has 0 N–H and O–H groups in total. The van der Waals surface area contributed by atoms with Crippen LogP contribution in [0.1, 0.15) is 19.4 Å². The third-order valence-electron chi connectivity index (χ3n) is 3.69. The standard InChI is InChI=1S/C15H16ClFO2/c1-15(2)11(8-12(16)17)13(15)14(18)19-9-10-6-4-3-5-7-10/h3-8,11,13H,9H2,1-2H3. The fourth-order valence-corrected chi connectivity index (χ4v) is 2.53. The van der Waals surface area contributed by atoms with Crippen molar-refractivity contribution in [2.24, 2.45) is 17.3 Å². The Morgan fingerprint density at radius 3 is 2.63 bits per heavy atom. The number of rotatable bonds is 4. The number of benzene rings is 1. The van der Waals surface area contributed by atoms with Gasteiger partial charge in [0.15, 0.2) is 5.29 Å². The van der Waals surface area contributed by atoms with Crippen molar-refractivity contribution in [3.63, 3.8) is 0 Å². The van der Waals surface area contributed by atoms with Crippen LogP contribution in [0.25, 0.3) is 0 Å². The summed E-state index contributed by atoms with van der Waals surface area (Å²) >= 11 is 5.23. The van der Waals surface area contributed by atoms with E-state index in [-0.39, 0.29) is 29.8 Å². The predicted octanol–water partition coefficient (Wildman–Crippen LogP) is 4.05. The van der Waals surface area contributed by atoms with Gasteiger partial charge in [-0.05, 0) is 17.1 Å². The van der Waals surface area contributed by atoms with Crippen molar-refractivity contribution in [2.45, 2.75) is 20.5 Å². The minimum Gasteiger partial charge on any atom is -0.461 e. The average molecular weight is 283 g/mol. The van der Waals surface area contributed by atoms with E-state index < -0.39 is 5.29 Å². The van der Waals surface area contributed by atoms with E-state index in [1.807, 2.05) is 44.2 Å². The van der Waals surface area contributed by atoms with Crippen LogP contribution in [0.3, 0.4) is 0 Å². The van der Waals surface area contributed by atoms with Crippen LogP contribution in [-0.4, -0.2) is 5.97 Å². The van der Waals surface area contributed by atoms with Crippen LogP contribution in [0.4, 0.5) is 4.39 Å². The Morgan fingerprint density at radius 2 is 2.05 bits per heavy atom. The molecule has 1 saturated carbocycles. The third-order valence-corrected chi connectivity index (χ3v) is 3.82. The minimum atomic E-state index is -0.767. The van der Waals surface area contributed by atoms with Crippen LogP contribution in [0, 0.1) is 17.3 Å². The number of esters is 1. The van der Waals surface area contributed by atoms with E-state index in [1.54, 1.807) is 0 Å². The summed E-state index contributed by atoms with van der Waals surface area (Å²) in [6.45, 7) is 4.05. The largest absolute Gasteiger partial charge is 0.461 e. The number of halogens is 2. The van der Waals surface area contributed by atoms with Crippen molar-refractivity contribution in [3.8, 4) is 0 Å². The third kappa shape index (κ3) is 3.16. The van der Waals surface area contributed by atoms with Crippen LogP contribution in [-0.2, 0) is 16.1 Å². The fourth-order valence-electron chi connectivity index (χ4n) is 2.39. The van der Waals surface area contributed by atoms with Gasteiger partial charge >= 0.3 is 5.97 Å². The quantitative estimate of drug-likeness (QED) is 0.779. The summed E-state index contributed by atoms with van der Waals surface area (Å²) in [5.74, 6) is -0.804. The number of hydrogen-bond donors (Lipinski definition) is 0. The van der Waals surface area contributed by atoms with Crippen LogP contribution in [0.5, 0.6) is 0 Å². The first-order valence-electron chi connectivity index (χ1n) is 6.16. The van der Waals surface area contributed by atoms with Gasteiger partial charge in [0.2, 0.25) is 0 Å². The van der Waals surface area contributed by atoms with Crippen LogP contribution >= 0.6 is 11.6 Å². The normalized spacial score (nSPS) is 24.9.